The Morgan fingerprint density at radius 3 is 2.67 bits per heavy atom. The summed E-state index contributed by atoms with van der Waals surface area (Å²) in [6.07, 6.45) is 0. The van der Waals surface area contributed by atoms with Crippen LogP contribution in [-0.4, -0.2) is 24.7 Å². The molecule has 2 rings (SSSR count). The SMILES string of the molecule is CCNC(=NCc1cccc(C)c1)NCc1cccc(OC)c1O. The number of guanidine groups is 1. The number of hydrogen-bond donors (Lipinski definition) is 3. The van der Waals surface area contributed by atoms with E-state index in [0.29, 0.717) is 24.8 Å². The second-order valence-corrected chi connectivity index (χ2v) is 5.51. The van der Waals surface area contributed by atoms with Crippen molar-refractivity contribution < 1.29 is 9.84 Å². The van der Waals surface area contributed by atoms with Gasteiger partial charge >= 0.3 is 0 Å². The number of benzene rings is 2. The molecule has 0 atom stereocenters. The van der Waals surface area contributed by atoms with Crippen LogP contribution in [0.25, 0.3) is 0 Å². The van der Waals surface area contributed by atoms with E-state index in [1.54, 1.807) is 13.2 Å². The molecule has 0 heterocycles. The molecule has 5 heteroatoms. The smallest absolute Gasteiger partial charge is 0.191 e. The number of aryl methyl sites for hydroxylation is 1. The normalized spacial score (nSPS) is 11.2. The van der Waals surface area contributed by atoms with Crippen molar-refractivity contribution in [3.8, 4) is 11.5 Å². The predicted molar refractivity (Wildman–Crippen MR) is 97.5 cm³/mol. The van der Waals surface area contributed by atoms with Crippen LogP contribution in [0, 0.1) is 6.92 Å². The number of hydrogen-bond acceptors (Lipinski definition) is 3. The van der Waals surface area contributed by atoms with Crippen molar-refractivity contribution in [3.05, 3.63) is 59.2 Å². The highest BCUT2D eigenvalue weighted by Crippen LogP contribution is 2.29. The molecular formula is C19H25N3O2. The van der Waals surface area contributed by atoms with E-state index in [4.69, 9.17) is 4.74 Å². The van der Waals surface area contributed by atoms with E-state index >= 15 is 0 Å². The fraction of sp³-hybridized carbons (Fsp3) is 0.316. The van der Waals surface area contributed by atoms with Gasteiger partial charge in [-0.3, -0.25) is 0 Å². The third-order valence-corrected chi connectivity index (χ3v) is 3.60. The lowest BCUT2D eigenvalue weighted by Gasteiger charge is -2.13. The summed E-state index contributed by atoms with van der Waals surface area (Å²) in [5.41, 5.74) is 3.15. The molecule has 3 N–H and O–H groups in total. The van der Waals surface area contributed by atoms with Crippen LogP contribution < -0.4 is 15.4 Å². The molecule has 0 aliphatic heterocycles. The summed E-state index contributed by atoms with van der Waals surface area (Å²) in [7, 11) is 1.54. The number of aliphatic imine (C=N–C) groups is 1. The second kappa shape index (κ2) is 8.82. The quantitative estimate of drug-likeness (QED) is 0.564. The van der Waals surface area contributed by atoms with Crippen molar-refractivity contribution in [2.45, 2.75) is 26.9 Å². The lowest BCUT2D eigenvalue weighted by Crippen LogP contribution is -2.36. The Kier molecular flexibility index (Phi) is 6.49. The highest BCUT2D eigenvalue weighted by Gasteiger charge is 2.07. The first-order valence-corrected chi connectivity index (χ1v) is 8.06. The van der Waals surface area contributed by atoms with Crippen molar-refractivity contribution in [2.24, 2.45) is 4.99 Å². The second-order valence-electron chi connectivity index (χ2n) is 5.51. The maximum atomic E-state index is 10.1. The summed E-state index contributed by atoms with van der Waals surface area (Å²) >= 11 is 0. The fourth-order valence-corrected chi connectivity index (χ4v) is 2.38. The van der Waals surface area contributed by atoms with Crippen LogP contribution in [0.3, 0.4) is 0 Å². The van der Waals surface area contributed by atoms with Gasteiger partial charge in [0.25, 0.3) is 0 Å². The highest BCUT2D eigenvalue weighted by molar-refractivity contribution is 5.79. The summed E-state index contributed by atoms with van der Waals surface area (Å²) in [4.78, 5) is 4.59. The Hall–Kier alpha value is -2.69. The summed E-state index contributed by atoms with van der Waals surface area (Å²) in [5, 5.41) is 16.6. The minimum Gasteiger partial charge on any atom is -0.504 e. The summed E-state index contributed by atoms with van der Waals surface area (Å²) in [6, 6.07) is 13.7. The lowest BCUT2D eigenvalue weighted by atomic mass is 10.1. The van der Waals surface area contributed by atoms with Gasteiger partial charge in [-0.05, 0) is 25.5 Å². The molecule has 0 saturated heterocycles. The van der Waals surface area contributed by atoms with Gasteiger partial charge < -0.3 is 20.5 Å². The third-order valence-electron chi connectivity index (χ3n) is 3.60. The van der Waals surface area contributed by atoms with Gasteiger partial charge in [0.05, 0.1) is 13.7 Å². The maximum Gasteiger partial charge on any atom is 0.191 e. The van der Waals surface area contributed by atoms with Gasteiger partial charge in [-0.25, -0.2) is 4.99 Å². The first kappa shape index (κ1) is 17.7. The van der Waals surface area contributed by atoms with E-state index in [0.717, 1.165) is 17.7 Å². The first-order chi connectivity index (χ1) is 11.6. The summed E-state index contributed by atoms with van der Waals surface area (Å²) < 4.78 is 5.13. The third kappa shape index (κ3) is 4.91. The Balaban J connectivity index is 2.04. The minimum atomic E-state index is 0.155. The molecule has 0 amide bonds. The van der Waals surface area contributed by atoms with Gasteiger partial charge in [-0.2, -0.15) is 0 Å². The van der Waals surface area contributed by atoms with Crippen molar-refractivity contribution in [1.82, 2.24) is 10.6 Å². The number of nitrogens with one attached hydrogen (secondary N) is 2. The number of ether oxygens (including phenoxy) is 1. The molecule has 0 unspecified atom stereocenters. The van der Waals surface area contributed by atoms with Gasteiger partial charge in [-0.15, -0.1) is 0 Å². The van der Waals surface area contributed by atoms with Crippen LogP contribution in [0.4, 0.5) is 0 Å². The summed E-state index contributed by atoms with van der Waals surface area (Å²) in [6.45, 7) is 5.92. The Labute approximate surface area is 143 Å². The van der Waals surface area contributed by atoms with Crippen molar-refractivity contribution in [2.75, 3.05) is 13.7 Å². The molecule has 0 bridgehead atoms. The van der Waals surface area contributed by atoms with Crippen LogP contribution in [0.15, 0.2) is 47.5 Å². The average molecular weight is 327 g/mol. The standard InChI is InChI=1S/C19H25N3O2/c1-4-20-19(21-12-15-8-5-7-14(2)11-15)22-13-16-9-6-10-17(24-3)18(16)23/h5-11,23H,4,12-13H2,1-3H3,(H2,20,21,22). The van der Waals surface area contributed by atoms with Gasteiger partial charge in [0.2, 0.25) is 0 Å². The molecule has 0 spiro atoms. The minimum absolute atomic E-state index is 0.155. The number of para-hydroxylation sites is 1. The highest BCUT2D eigenvalue weighted by atomic mass is 16.5. The average Bonchev–Trinajstić information content (AvgIpc) is 2.58. The molecule has 0 aliphatic rings. The number of phenolic OH excluding ortho intramolecular Hbond substituents is 1. The van der Waals surface area contributed by atoms with Gasteiger partial charge in [0, 0.05) is 18.7 Å². The topological polar surface area (TPSA) is 65.9 Å². The molecule has 24 heavy (non-hydrogen) atoms. The van der Waals surface area contributed by atoms with Crippen LogP contribution in [0.5, 0.6) is 11.5 Å². The number of phenols is 1. The maximum absolute atomic E-state index is 10.1. The molecule has 0 radical (unpaired) electrons. The molecule has 0 fully saturated rings. The molecule has 0 aromatic heterocycles. The van der Waals surface area contributed by atoms with Crippen molar-refractivity contribution >= 4 is 5.96 Å². The predicted octanol–water partition coefficient (Wildman–Crippen LogP) is 2.96. The molecule has 2 aromatic carbocycles. The Morgan fingerprint density at radius 2 is 1.96 bits per heavy atom. The zero-order valence-corrected chi connectivity index (χ0v) is 14.5. The van der Waals surface area contributed by atoms with E-state index in [1.807, 2.05) is 25.1 Å². The van der Waals surface area contributed by atoms with E-state index < -0.39 is 0 Å². The van der Waals surface area contributed by atoms with Crippen LogP contribution in [0.2, 0.25) is 0 Å². The molecule has 0 aliphatic carbocycles. The zero-order valence-electron chi connectivity index (χ0n) is 14.5. The summed E-state index contributed by atoms with van der Waals surface area (Å²) in [5.74, 6) is 1.33. The van der Waals surface area contributed by atoms with Crippen LogP contribution >= 0.6 is 0 Å². The first-order valence-electron chi connectivity index (χ1n) is 8.06. The van der Waals surface area contributed by atoms with E-state index in [2.05, 4.69) is 40.7 Å². The number of nitrogens with zero attached hydrogens (tertiary/aromatic N) is 1. The van der Waals surface area contributed by atoms with Gasteiger partial charge in [-0.1, -0.05) is 42.0 Å². The van der Waals surface area contributed by atoms with Crippen LogP contribution in [0.1, 0.15) is 23.6 Å². The van der Waals surface area contributed by atoms with Crippen LogP contribution in [-0.2, 0) is 13.1 Å². The van der Waals surface area contributed by atoms with E-state index in [9.17, 15) is 5.11 Å². The Morgan fingerprint density at radius 1 is 1.17 bits per heavy atom. The van der Waals surface area contributed by atoms with Crippen molar-refractivity contribution in [3.63, 3.8) is 0 Å². The van der Waals surface area contributed by atoms with Gasteiger partial charge in [0.1, 0.15) is 0 Å². The largest absolute Gasteiger partial charge is 0.504 e. The lowest BCUT2D eigenvalue weighted by molar-refractivity contribution is 0.370. The van der Waals surface area contributed by atoms with E-state index in [-0.39, 0.29) is 5.75 Å². The van der Waals surface area contributed by atoms with E-state index in [1.165, 1.54) is 5.56 Å². The molecule has 128 valence electrons. The Bertz CT molecular complexity index is 699. The number of methoxy groups -OCH3 is 1. The zero-order chi connectivity index (χ0) is 17.4. The fourth-order valence-electron chi connectivity index (χ4n) is 2.38. The number of rotatable bonds is 6. The number of aromatic hydroxyl groups is 1. The monoisotopic (exact) mass is 327 g/mol. The van der Waals surface area contributed by atoms with Crippen molar-refractivity contribution in [1.29, 1.82) is 0 Å². The molecule has 5 nitrogen and oxygen atoms in total. The molecule has 0 saturated carbocycles. The van der Waals surface area contributed by atoms with Gasteiger partial charge in [0.15, 0.2) is 17.5 Å². The molecule has 2 aromatic rings. The molecular weight excluding hydrogens is 302 g/mol.